The summed E-state index contributed by atoms with van der Waals surface area (Å²) in [7, 11) is 0. The Hall–Kier alpha value is -2.82. The number of aliphatic hydroxyl groups is 1. The Morgan fingerprint density at radius 2 is 1.29 bits per heavy atom. The molecule has 0 spiro atoms. The summed E-state index contributed by atoms with van der Waals surface area (Å²) in [5, 5.41) is 21.1. The maximum atomic E-state index is 12.4. The van der Waals surface area contributed by atoms with E-state index in [-0.39, 0.29) is 37.6 Å². The Labute approximate surface area is 288 Å². The minimum atomic E-state index is -0.557. The third-order valence-corrected chi connectivity index (χ3v) is 9.13. The van der Waals surface area contributed by atoms with Gasteiger partial charge in [-0.05, 0) is 55.6 Å². The van der Waals surface area contributed by atoms with Gasteiger partial charge in [-0.2, -0.15) is 0 Å². The van der Waals surface area contributed by atoms with Crippen molar-refractivity contribution in [2.75, 3.05) is 25.0 Å². The zero-order valence-electron chi connectivity index (χ0n) is 29.5. The van der Waals surface area contributed by atoms with Gasteiger partial charge >= 0.3 is 0 Å². The third kappa shape index (κ3) is 15.2. The molecule has 0 saturated carbocycles. The van der Waals surface area contributed by atoms with Crippen molar-refractivity contribution < 1.29 is 29.4 Å². The second-order valence-corrected chi connectivity index (χ2v) is 13.2. The van der Waals surface area contributed by atoms with Crippen LogP contribution in [0.1, 0.15) is 146 Å². The first-order chi connectivity index (χ1) is 23.4. The Morgan fingerprint density at radius 1 is 0.729 bits per heavy atom. The van der Waals surface area contributed by atoms with Gasteiger partial charge in [0.05, 0.1) is 18.8 Å². The number of unbranched alkanes of at least 4 members (excludes halogenated alkanes) is 10. The standard InChI is InChI=1S/C39H61N3O6/c1-3-5-7-9-11-13-26-42(27-14-12-10-8-6-4-2)29-35-28-36(32-20-18-31(30-43)19-21-32)48-39(47-35)33-22-24-34(25-23-33)40-37(44)16-15-17-38(45)41-46/h18-25,35-36,39,43,46H,3-17,26-30H2,1-2H3,(H,40,44)(H,41,45)/t35-,36+,39+/m1/s1. The Balaban J connectivity index is 1.68. The van der Waals surface area contributed by atoms with E-state index in [1.54, 1.807) is 5.48 Å². The number of rotatable bonds is 24. The van der Waals surface area contributed by atoms with E-state index in [0.717, 1.165) is 42.7 Å². The van der Waals surface area contributed by atoms with Crippen molar-refractivity contribution in [3.63, 3.8) is 0 Å². The summed E-state index contributed by atoms with van der Waals surface area (Å²) >= 11 is 0. The molecule has 2 aromatic carbocycles. The van der Waals surface area contributed by atoms with Gasteiger partial charge in [0.15, 0.2) is 6.29 Å². The molecular weight excluding hydrogens is 606 g/mol. The number of benzene rings is 2. The molecule has 0 aromatic heterocycles. The molecule has 1 aliphatic heterocycles. The predicted octanol–water partition coefficient (Wildman–Crippen LogP) is 8.36. The molecule has 0 unspecified atom stereocenters. The van der Waals surface area contributed by atoms with Gasteiger partial charge < -0.3 is 24.8 Å². The number of hydrogen-bond donors (Lipinski definition) is 4. The van der Waals surface area contributed by atoms with E-state index in [1.165, 1.54) is 77.0 Å². The number of ether oxygens (including phenoxy) is 2. The summed E-state index contributed by atoms with van der Waals surface area (Å²) in [5.41, 5.74) is 5.07. The van der Waals surface area contributed by atoms with Gasteiger partial charge in [-0.25, -0.2) is 5.48 Å². The van der Waals surface area contributed by atoms with Crippen molar-refractivity contribution in [1.82, 2.24) is 10.4 Å². The molecule has 0 radical (unpaired) electrons. The van der Waals surface area contributed by atoms with Gasteiger partial charge in [-0.1, -0.05) is 114 Å². The molecule has 4 N–H and O–H groups in total. The Kier molecular flexibility index (Phi) is 19.4. The molecule has 2 aromatic rings. The molecule has 3 rings (SSSR count). The van der Waals surface area contributed by atoms with Crippen molar-refractivity contribution in [1.29, 1.82) is 0 Å². The van der Waals surface area contributed by atoms with Crippen LogP contribution in [0.4, 0.5) is 5.69 Å². The van der Waals surface area contributed by atoms with Crippen molar-refractivity contribution in [3.8, 4) is 0 Å². The number of amides is 2. The van der Waals surface area contributed by atoms with E-state index in [1.807, 2.05) is 48.5 Å². The molecule has 1 fully saturated rings. The lowest BCUT2D eigenvalue weighted by Gasteiger charge is -2.38. The van der Waals surface area contributed by atoms with Gasteiger partial charge in [0.1, 0.15) is 0 Å². The number of hydroxylamine groups is 1. The first kappa shape index (κ1) is 39.6. The average Bonchev–Trinajstić information content (AvgIpc) is 3.11. The summed E-state index contributed by atoms with van der Waals surface area (Å²) in [6.45, 7) is 7.56. The summed E-state index contributed by atoms with van der Waals surface area (Å²) < 4.78 is 13.3. The van der Waals surface area contributed by atoms with Crippen LogP contribution in [0.5, 0.6) is 0 Å². The largest absolute Gasteiger partial charge is 0.392 e. The molecule has 3 atom stereocenters. The van der Waals surface area contributed by atoms with Gasteiger partial charge in [0.2, 0.25) is 11.8 Å². The van der Waals surface area contributed by atoms with Crippen LogP contribution < -0.4 is 10.8 Å². The number of hydrogen-bond acceptors (Lipinski definition) is 7. The first-order valence-corrected chi connectivity index (χ1v) is 18.5. The number of nitrogens with one attached hydrogen (secondary N) is 2. The van der Waals surface area contributed by atoms with Crippen molar-refractivity contribution in [2.45, 2.75) is 142 Å². The fourth-order valence-electron chi connectivity index (χ4n) is 6.26. The van der Waals surface area contributed by atoms with Gasteiger partial charge in [-0.15, -0.1) is 0 Å². The van der Waals surface area contributed by atoms with Crippen molar-refractivity contribution in [3.05, 3.63) is 65.2 Å². The highest BCUT2D eigenvalue weighted by Crippen LogP contribution is 2.38. The third-order valence-electron chi connectivity index (χ3n) is 9.13. The number of carbonyl (C=O) groups excluding carboxylic acids is 2. The predicted molar refractivity (Wildman–Crippen MR) is 190 cm³/mol. The minimum absolute atomic E-state index is 0.00684. The van der Waals surface area contributed by atoms with Crippen LogP contribution >= 0.6 is 0 Å². The molecule has 268 valence electrons. The van der Waals surface area contributed by atoms with Crippen LogP contribution in [-0.4, -0.2) is 52.8 Å². The van der Waals surface area contributed by atoms with Gasteiger partial charge in [0, 0.05) is 37.1 Å². The van der Waals surface area contributed by atoms with E-state index in [9.17, 15) is 14.7 Å². The lowest BCUT2D eigenvalue weighted by Crippen LogP contribution is -2.40. The number of anilines is 1. The van der Waals surface area contributed by atoms with Crippen LogP contribution in [0, 0.1) is 0 Å². The highest BCUT2D eigenvalue weighted by Gasteiger charge is 2.33. The zero-order chi connectivity index (χ0) is 34.4. The summed E-state index contributed by atoms with van der Waals surface area (Å²) in [4.78, 5) is 26.2. The van der Waals surface area contributed by atoms with Gasteiger partial charge in [-0.3, -0.25) is 14.8 Å². The molecule has 48 heavy (non-hydrogen) atoms. The van der Waals surface area contributed by atoms with Crippen LogP contribution in [-0.2, 0) is 25.7 Å². The summed E-state index contributed by atoms with van der Waals surface area (Å²) in [6, 6.07) is 15.5. The van der Waals surface area contributed by atoms with E-state index in [4.69, 9.17) is 14.7 Å². The summed E-state index contributed by atoms with van der Waals surface area (Å²) in [6.07, 6.45) is 16.0. The minimum Gasteiger partial charge on any atom is -0.392 e. The maximum Gasteiger partial charge on any atom is 0.243 e. The molecular formula is C39H61N3O6. The SMILES string of the molecule is CCCCCCCCN(CCCCCCCC)C[C@H]1C[C@@H](c2ccc(CO)cc2)O[C@@H](c2ccc(NC(=O)CCCC(=O)NO)cc2)O1. The van der Waals surface area contributed by atoms with E-state index >= 15 is 0 Å². The topological polar surface area (TPSA) is 120 Å². The second-order valence-electron chi connectivity index (χ2n) is 13.2. The normalized spacial score (nSPS) is 17.8. The molecule has 1 heterocycles. The Morgan fingerprint density at radius 3 is 1.88 bits per heavy atom. The number of aliphatic hydroxyl groups excluding tert-OH is 1. The second kappa shape index (κ2) is 23.5. The van der Waals surface area contributed by atoms with Crippen LogP contribution in [0.25, 0.3) is 0 Å². The molecule has 9 nitrogen and oxygen atoms in total. The highest BCUT2D eigenvalue weighted by molar-refractivity contribution is 5.91. The fraction of sp³-hybridized carbons (Fsp3) is 0.641. The maximum absolute atomic E-state index is 12.4. The molecule has 2 amide bonds. The number of carbonyl (C=O) groups is 2. The highest BCUT2D eigenvalue weighted by atomic mass is 16.7. The average molecular weight is 668 g/mol. The molecule has 1 saturated heterocycles. The van der Waals surface area contributed by atoms with Crippen LogP contribution in [0.2, 0.25) is 0 Å². The van der Waals surface area contributed by atoms with Gasteiger partial charge in [0.25, 0.3) is 0 Å². The lowest BCUT2D eigenvalue weighted by molar-refractivity contribution is -0.253. The molecule has 0 bridgehead atoms. The molecule has 9 heteroatoms. The zero-order valence-corrected chi connectivity index (χ0v) is 29.5. The van der Waals surface area contributed by atoms with E-state index in [2.05, 4.69) is 24.1 Å². The lowest BCUT2D eigenvalue weighted by atomic mass is 9.99. The monoisotopic (exact) mass is 667 g/mol. The summed E-state index contributed by atoms with van der Waals surface area (Å²) in [5.74, 6) is -0.700. The first-order valence-electron chi connectivity index (χ1n) is 18.5. The number of nitrogens with zero attached hydrogens (tertiary/aromatic N) is 1. The quantitative estimate of drug-likeness (QED) is 0.0504. The Bertz CT molecular complexity index is 1140. The molecule has 1 aliphatic rings. The molecule has 0 aliphatic carbocycles. The van der Waals surface area contributed by atoms with Crippen LogP contribution in [0.15, 0.2) is 48.5 Å². The van der Waals surface area contributed by atoms with E-state index in [0.29, 0.717) is 12.1 Å². The van der Waals surface area contributed by atoms with Crippen molar-refractivity contribution in [2.24, 2.45) is 0 Å². The van der Waals surface area contributed by atoms with Crippen LogP contribution in [0.3, 0.4) is 0 Å². The van der Waals surface area contributed by atoms with E-state index < -0.39 is 12.2 Å². The van der Waals surface area contributed by atoms with Crippen molar-refractivity contribution >= 4 is 17.5 Å². The smallest absolute Gasteiger partial charge is 0.243 e. The fourth-order valence-corrected chi connectivity index (χ4v) is 6.26.